The number of amides is 1. The zero-order chi connectivity index (χ0) is 21.9. The Morgan fingerprint density at radius 1 is 1.10 bits per heavy atom. The summed E-state index contributed by atoms with van der Waals surface area (Å²) in [7, 11) is 0. The van der Waals surface area contributed by atoms with Crippen molar-refractivity contribution < 1.29 is 27.3 Å². The SMILES string of the molecule is O=C(CN1CCN(c2ccccc2F)CC1)Nc1ccc(C(F)(F)F)cc1[N+](=O)[O-]. The van der Waals surface area contributed by atoms with Crippen molar-refractivity contribution in [2.24, 2.45) is 0 Å². The highest BCUT2D eigenvalue weighted by atomic mass is 19.4. The molecule has 2 aromatic carbocycles. The summed E-state index contributed by atoms with van der Waals surface area (Å²) in [6.45, 7) is 1.78. The van der Waals surface area contributed by atoms with E-state index < -0.39 is 28.3 Å². The van der Waals surface area contributed by atoms with Gasteiger partial charge in [-0.05, 0) is 24.3 Å². The second-order valence-corrected chi connectivity index (χ2v) is 6.75. The lowest BCUT2D eigenvalue weighted by atomic mass is 10.1. The van der Waals surface area contributed by atoms with E-state index in [0.717, 1.165) is 6.07 Å². The van der Waals surface area contributed by atoms with Gasteiger partial charge in [0.05, 0.1) is 22.7 Å². The number of nitro groups is 1. The van der Waals surface area contributed by atoms with Crippen LogP contribution in [0.4, 0.5) is 34.6 Å². The van der Waals surface area contributed by atoms with Crippen LogP contribution in [0.15, 0.2) is 42.5 Å². The number of anilines is 2. The van der Waals surface area contributed by atoms with Gasteiger partial charge in [0.15, 0.2) is 0 Å². The molecule has 30 heavy (non-hydrogen) atoms. The summed E-state index contributed by atoms with van der Waals surface area (Å²) < 4.78 is 52.2. The van der Waals surface area contributed by atoms with E-state index in [-0.39, 0.29) is 18.0 Å². The molecule has 1 amide bonds. The van der Waals surface area contributed by atoms with Crippen LogP contribution in [0.2, 0.25) is 0 Å². The number of piperazine rings is 1. The van der Waals surface area contributed by atoms with Crippen molar-refractivity contribution in [2.75, 3.05) is 42.9 Å². The maximum atomic E-state index is 13.9. The first-order chi connectivity index (χ1) is 14.1. The Morgan fingerprint density at radius 2 is 1.77 bits per heavy atom. The Hall–Kier alpha value is -3.21. The highest BCUT2D eigenvalue weighted by Crippen LogP contribution is 2.35. The van der Waals surface area contributed by atoms with Gasteiger partial charge in [-0.15, -0.1) is 0 Å². The number of rotatable bonds is 5. The Balaban J connectivity index is 1.60. The molecule has 0 saturated carbocycles. The molecule has 1 aliphatic rings. The molecule has 7 nitrogen and oxygen atoms in total. The molecule has 0 radical (unpaired) electrons. The van der Waals surface area contributed by atoms with E-state index in [1.54, 1.807) is 23.1 Å². The summed E-state index contributed by atoms with van der Waals surface area (Å²) in [5, 5.41) is 13.4. The average molecular weight is 426 g/mol. The molecule has 3 rings (SSSR count). The van der Waals surface area contributed by atoms with Gasteiger partial charge in [0, 0.05) is 32.2 Å². The summed E-state index contributed by atoms with van der Waals surface area (Å²) in [6, 6.07) is 8.30. The van der Waals surface area contributed by atoms with Crippen molar-refractivity contribution in [1.29, 1.82) is 0 Å². The lowest BCUT2D eigenvalue weighted by Crippen LogP contribution is -2.48. The lowest BCUT2D eigenvalue weighted by Gasteiger charge is -2.35. The fraction of sp³-hybridized carbons (Fsp3) is 0.316. The van der Waals surface area contributed by atoms with Crippen molar-refractivity contribution in [3.05, 3.63) is 64.0 Å². The minimum Gasteiger partial charge on any atom is -0.367 e. The van der Waals surface area contributed by atoms with Crippen LogP contribution in [-0.2, 0) is 11.0 Å². The van der Waals surface area contributed by atoms with Gasteiger partial charge < -0.3 is 10.2 Å². The number of alkyl halides is 3. The van der Waals surface area contributed by atoms with Crippen LogP contribution in [0.3, 0.4) is 0 Å². The normalized spacial score (nSPS) is 15.1. The minimum absolute atomic E-state index is 0.0940. The smallest absolute Gasteiger partial charge is 0.367 e. The average Bonchev–Trinajstić information content (AvgIpc) is 2.68. The van der Waals surface area contributed by atoms with Gasteiger partial charge >= 0.3 is 6.18 Å². The van der Waals surface area contributed by atoms with Crippen molar-refractivity contribution in [2.45, 2.75) is 6.18 Å². The number of nitrogens with one attached hydrogen (secondary N) is 1. The number of halogens is 4. The number of hydrogen-bond donors (Lipinski definition) is 1. The predicted octanol–water partition coefficient (Wildman–Crippen LogP) is 3.51. The highest BCUT2D eigenvalue weighted by molar-refractivity contribution is 5.94. The number of carbonyl (C=O) groups is 1. The van der Waals surface area contributed by atoms with Crippen LogP contribution < -0.4 is 10.2 Å². The first-order valence-corrected chi connectivity index (χ1v) is 9.02. The molecule has 1 N–H and O–H groups in total. The van der Waals surface area contributed by atoms with E-state index in [4.69, 9.17) is 0 Å². The number of nitrogens with zero attached hydrogens (tertiary/aromatic N) is 3. The molecule has 2 aromatic rings. The van der Waals surface area contributed by atoms with Crippen LogP contribution in [0.25, 0.3) is 0 Å². The van der Waals surface area contributed by atoms with Gasteiger partial charge in [-0.1, -0.05) is 12.1 Å². The van der Waals surface area contributed by atoms with Crippen molar-refractivity contribution in [3.8, 4) is 0 Å². The van der Waals surface area contributed by atoms with Crippen LogP contribution in [0.1, 0.15) is 5.56 Å². The summed E-state index contributed by atoms with van der Waals surface area (Å²) >= 11 is 0. The number of carbonyl (C=O) groups excluding carboxylic acids is 1. The molecule has 0 aromatic heterocycles. The van der Waals surface area contributed by atoms with Gasteiger partial charge in [0.1, 0.15) is 11.5 Å². The fourth-order valence-corrected chi connectivity index (χ4v) is 3.21. The summed E-state index contributed by atoms with van der Waals surface area (Å²) in [6.07, 6.45) is -4.73. The summed E-state index contributed by atoms with van der Waals surface area (Å²) in [5.41, 5.74) is -1.83. The molecular formula is C19H18F4N4O3. The van der Waals surface area contributed by atoms with Gasteiger partial charge in [-0.3, -0.25) is 19.8 Å². The molecule has 1 aliphatic heterocycles. The zero-order valence-electron chi connectivity index (χ0n) is 15.7. The third-order valence-corrected chi connectivity index (χ3v) is 4.73. The first-order valence-electron chi connectivity index (χ1n) is 9.02. The standard InChI is InChI=1S/C19H18F4N4O3/c20-14-3-1-2-4-16(14)26-9-7-25(8-10-26)12-18(28)24-15-6-5-13(19(21,22)23)11-17(15)27(29)30/h1-6,11H,7-10,12H2,(H,24,28). The third-order valence-electron chi connectivity index (χ3n) is 4.73. The number of nitro benzene ring substituents is 1. The van der Waals surface area contributed by atoms with Crippen LogP contribution in [-0.4, -0.2) is 48.5 Å². The van der Waals surface area contributed by atoms with E-state index in [2.05, 4.69) is 5.32 Å². The second-order valence-electron chi connectivity index (χ2n) is 6.75. The van der Waals surface area contributed by atoms with Crippen LogP contribution in [0.5, 0.6) is 0 Å². The van der Waals surface area contributed by atoms with E-state index in [1.165, 1.54) is 6.07 Å². The van der Waals surface area contributed by atoms with Gasteiger partial charge in [-0.2, -0.15) is 13.2 Å². The number of benzene rings is 2. The summed E-state index contributed by atoms with van der Waals surface area (Å²) in [5.74, 6) is -0.921. The fourth-order valence-electron chi connectivity index (χ4n) is 3.21. The van der Waals surface area contributed by atoms with Gasteiger partial charge in [0.25, 0.3) is 5.69 Å². The molecule has 0 aliphatic carbocycles. The monoisotopic (exact) mass is 426 g/mol. The van der Waals surface area contributed by atoms with Crippen LogP contribution in [0, 0.1) is 15.9 Å². The van der Waals surface area contributed by atoms with Gasteiger partial charge in [0.2, 0.25) is 5.91 Å². The maximum Gasteiger partial charge on any atom is 0.416 e. The Kier molecular flexibility index (Phi) is 6.20. The predicted molar refractivity (Wildman–Crippen MR) is 102 cm³/mol. The summed E-state index contributed by atoms with van der Waals surface area (Å²) in [4.78, 5) is 26.0. The molecule has 0 unspecified atom stereocenters. The molecule has 1 saturated heterocycles. The highest BCUT2D eigenvalue weighted by Gasteiger charge is 2.33. The molecule has 0 bridgehead atoms. The quantitative estimate of drug-likeness (QED) is 0.450. The molecule has 11 heteroatoms. The van der Waals surface area contributed by atoms with E-state index in [9.17, 15) is 32.5 Å². The molecule has 0 spiro atoms. The molecule has 1 heterocycles. The molecular weight excluding hydrogens is 408 g/mol. The van der Waals surface area contributed by atoms with Crippen molar-refractivity contribution in [3.63, 3.8) is 0 Å². The number of hydrogen-bond acceptors (Lipinski definition) is 5. The molecule has 160 valence electrons. The van der Waals surface area contributed by atoms with E-state index in [1.807, 2.05) is 4.90 Å². The van der Waals surface area contributed by atoms with Crippen LogP contribution >= 0.6 is 0 Å². The maximum absolute atomic E-state index is 13.9. The first kappa shape index (κ1) is 21.5. The molecule has 1 fully saturated rings. The molecule has 0 atom stereocenters. The Morgan fingerprint density at radius 3 is 2.37 bits per heavy atom. The van der Waals surface area contributed by atoms with E-state index >= 15 is 0 Å². The number of para-hydroxylation sites is 1. The zero-order valence-corrected chi connectivity index (χ0v) is 15.7. The van der Waals surface area contributed by atoms with Crippen molar-refractivity contribution in [1.82, 2.24) is 4.90 Å². The Labute approximate surface area is 169 Å². The third kappa shape index (κ3) is 5.03. The second kappa shape index (κ2) is 8.66. The Bertz CT molecular complexity index is 944. The van der Waals surface area contributed by atoms with Crippen molar-refractivity contribution >= 4 is 23.0 Å². The largest absolute Gasteiger partial charge is 0.416 e. The van der Waals surface area contributed by atoms with Gasteiger partial charge in [-0.25, -0.2) is 4.39 Å². The van der Waals surface area contributed by atoms with E-state index in [0.29, 0.717) is 44.0 Å². The minimum atomic E-state index is -4.73. The lowest BCUT2D eigenvalue weighted by molar-refractivity contribution is -0.384. The topological polar surface area (TPSA) is 78.7 Å².